The minimum Gasteiger partial charge on any atom is -0.395 e. The standard InChI is InChI=1S/C15H19NO3S/c17-7-3-1-6-14-9-12(11-20-14)15(18)16-10-13-5-2-4-8-19-13/h9,11,13,17H,2-5,7-8,10H2,(H,16,18). The SMILES string of the molecule is O=C(NCC1CCCCO1)c1csc(C#CCCO)c1. The predicted molar refractivity (Wildman–Crippen MR) is 78.8 cm³/mol. The van der Waals surface area contributed by atoms with E-state index in [0.29, 0.717) is 18.5 Å². The van der Waals surface area contributed by atoms with Gasteiger partial charge in [0.05, 0.1) is 23.2 Å². The largest absolute Gasteiger partial charge is 0.395 e. The second-order valence-corrected chi connectivity index (χ2v) is 5.58. The van der Waals surface area contributed by atoms with Crippen molar-refractivity contribution < 1.29 is 14.6 Å². The van der Waals surface area contributed by atoms with Gasteiger partial charge in [-0.3, -0.25) is 4.79 Å². The Bertz CT molecular complexity index is 495. The molecule has 2 rings (SSSR count). The Hall–Kier alpha value is -1.35. The molecule has 1 aliphatic rings. The molecule has 0 saturated carbocycles. The van der Waals surface area contributed by atoms with E-state index in [1.807, 2.05) is 0 Å². The third-order valence-corrected chi connectivity index (χ3v) is 3.92. The highest BCUT2D eigenvalue weighted by Gasteiger charge is 2.15. The van der Waals surface area contributed by atoms with Crippen molar-refractivity contribution in [3.8, 4) is 11.8 Å². The van der Waals surface area contributed by atoms with E-state index in [2.05, 4.69) is 17.2 Å². The summed E-state index contributed by atoms with van der Waals surface area (Å²) in [5, 5.41) is 13.4. The molecule has 1 atom stereocenters. The monoisotopic (exact) mass is 293 g/mol. The van der Waals surface area contributed by atoms with Gasteiger partial charge in [0, 0.05) is 25.0 Å². The second-order valence-electron chi connectivity index (χ2n) is 4.67. The van der Waals surface area contributed by atoms with Gasteiger partial charge in [0.2, 0.25) is 0 Å². The maximum absolute atomic E-state index is 12.0. The molecule has 0 radical (unpaired) electrons. The van der Waals surface area contributed by atoms with Crippen LogP contribution in [0.4, 0.5) is 0 Å². The number of aliphatic hydroxyl groups is 1. The van der Waals surface area contributed by atoms with Gasteiger partial charge in [0.15, 0.2) is 0 Å². The number of amides is 1. The van der Waals surface area contributed by atoms with Crippen LogP contribution in [-0.2, 0) is 4.74 Å². The van der Waals surface area contributed by atoms with Crippen LogP contribution < -0.4 is 5.32 Å². The smallest absolute Gasteiger partial charge is 0.252 e. The Labute approximate surface area is 123 Å². The van der Waals surface area contributed by atoms with E-state index in [9.17, 15) is 4.79 Å². The molecule has 0 bridgehead atoms. The molecule has 1 saturated heterocycles. The van der Waals surface area contributed by atoms with Crippen molar-refractivity contribution >= 4 is 17.2 Å². The molecule has 0 aliphatic carbocycles. The zero-order valence-corrected chi connectivity index (χ0v) is 12.2. The highest BCUT2D eigenvalue weighted by molar-refractivity contribution is 7.10. The lowest BCUT2D eigenvalue weighted by atomic mass is 10.1. The Morgan fingerprint density at radius 1 is 1.55 bits per heavy atom. The van der Waals surface area contributed by atoms with Gasteiger partial charge in [-0.05, 0) is 25.3 Å². The fraction of sp³-hybridized carbons (Fsp3) is 0.533. The molecule has 20 heavy (non-hydrogen) atoms. The van der Waals surface area contributed by atoms with E-state index in [0.717, 1.165) is 24.3 Å². The number of carbonyl (C=O) groups is 1. The number of hydrogen-bond acceptors (Lipinski definition) is 4. The lowest BCUT2D eigenvalue weighted by Crippen LogP contribution is -2.35. The van der Waals surface area contributed by atoms with Crippen LogP contribution in [0.5, 0.6) is 0 Å². The van der Waals surface area contributed by atoms with Crippen LogP contribution in [0, 0.1) is 11.8 Å². The molecule has 0 spiro atoms. The molecule has 1 unspecified atom stereocenters. The molecule has 108 valence electrons. The Morgan fingerprint density at radius 3 is 3.20 bits per heavy atom. The molecule has 2 N–H and O–H groups in total. The van der Waals surface area contributed by atoms with Crippen LogP contribution in [0.15, 0.2) is 11.4 Å². The van der Waals surface area contributed by atoms with Gasteiger partial charge in [-0.1, -0.05) is 11.8 Å². The van der Waals surface area contributed by atoms with E-state index < -0.39 is 0 Å². The third kappa shape index (κ3) is 4.64. The summed E-state index contributed by atoms with van der Waals surface area (Å²) in [7, 11) is 0. The minimum atomic E-state index is -0.0781. The maximum atomic E-state index is 12.0. The molecule has 5 heteroatoms. The Balaban J connectivity index is 1.81. The summed E-state index contributed by atoms with van der Waals surface area (Å²) in [6.07, 6.45) is 3.91. The van der Waals surface area contributed by atoms with Crippen molar-refractivity contribution in [1.29, 1.82) is 0 Å². The summed E-state index contributed by atoms with van der Waals surface area (Å²) >= 11 is 1.44. The maximum Gasteiger partial charge on any atom is 0.252 e. The van der Waals surface area contributed by atoms with Crippen LogP contribution in [0.3, 0.4) is 0 Å². The fourth-order valence-corrected chi connectivity index (χ4v) is 2.76. The van der Waals surface area contributed by atoms with Gasteiger partial charge in [-0.2, -0.15) is 0 Å². The highest BCUT2D eigenvalue weighted by Crippen LogP contribution is 2.14. The average molecular weight is 293 g/mol. The molecule has 4 nitrogen and oxygen atoms in total. The number of carbonyl (C=O) groups excluding carboxylic acids is 1. The topological polar surface area (TPSA) is 58.6 Å². The first-order valence-electron chi connectivity index (χ1n) is 6.87. The summed E-state index contributed by atoms with van der Waals surface area (Å²) < 4.78 is 5.58. The Morgan fingerprint density at radius 2 is 2.45 bits per heavy atom. The molecule has 2 heterocycles. The third-order valence-electron chi connectivity index (χ3n) is 3.07. The first-order valence-corrected chi connectivity index (χ1v) is 7.75. The van der Waals surface area contributed by atoms with Gasteiger partial charge in [0.1, 0.15) is 0 Å². The predicted octanol–water partition coefficient (Wildman–Crippen LogP) is 1.78. The van der Waals surface area contributed by atoms with Crippen LogP contribution in [0.1, 0.15) is 40.9 Å². The van der Waals surface area contributed by atoms with Gasteiger partial charge in [-0.25, -0.2) is 0 Å². The van der Waals surface area contributed by atoms with Gasteiger partial charge < -0.3 is 15.2 Å². The summed E-state index contributed by atoms with van der Waals surface area (Å²) in [5.74, 6) is 5.70. The lowest BCUT2D eigenvalue weighted by molar-refractivity contribution is 0.0169. The van der Waals surface area contributed by atoms with E-state index in [4.69, 9.17) is 9.84 Å². The normalized spacial score (nSPS) is 18.1. The van der Waals surface area contributed by atoms with Crippen molar-refractivity contribution in [1.82, 2.24) is 5.32 Å². The van der Waals surface area contributed by atoms with E-state index in [1.54, 1.807) is 11.4 Å². The molecule has 1 aromatic heterocycles. The first-order chi connectivity index (χ1) is 9.79. The number of rotatable bonds is 4. The van der Waals surface area contributed by atoms with Crippen molar-refractivity contribution in [2.75, 3.05) is 19.8 Å². The Kier molecular flexibility index (Phi) is 6.06. The van der Waals surface area contributed by atoms with Crippen LogP contribution in [-0.4, -0.2) is 36.9 Å². The number of aliphatic hydroxyl groups excluding tert-OH is 1. The quantitative estimate of drug-likeness (QED) is 0.832. The van der Waals surface area contributed by atoms with Gasteiger partial charge in [-0.15, -0.1) is 11.3 Å². The summed E-state index contributed by atoms with van der Waals surface area (Å²) in [5.41, 5.74) is 0.638. The minimum absolute atomic E-state index is 0.0626. The summed E-state index contributed by atoms with van der Waals surface area (Å²) in [4.78, 5) is 12.8. The van der Waals surface area contributed by atoms with Crippen LogP contribution >= 0.6 is 11.3 Å². The van der Waals surface area contributed by atoms with Crippen molar-refractivity contribution in [2.45, 2.75) is 31.8 Å². The first kappa shape index (κ1) is 15.0. The molecule has 1 aromatic rings. The van der Waals surface area contributed by atoms with Gasteiger partial charge in [0.25, 0.3) is 5.91 Å². The van der Waals surface area contributed by atoms with E-state index in [1.165, 1.54) is 17.8 Å². The van der Waals surface area contributed by atoms with E-state index in [-0.39, 0.29) is 18.6 Å². The number of nitrogens with one attached hydrogen (secondary N) is 1. The molecule has 1 amide bonds. The molecule has 1 aliphatic heterocycles. The average Bonchev–Trinajstić information content (AvgIpc) is 2.95. The van der Waals surface area contributed by atoms with Crippen LogP contribution in [0.2, 0.25) is 0 Å². The van der Waals surface area contributed by atoms with Gasteiger partial charge >= 0.3 is 0 Å². The lowest BCUT2D eigenvalue weighted by Gasteiger charge is -2.22. The number of ether oxygens (including phenoxy) is 1. The summed E-state index contributed by atoms with van der Waals surface area (Å²) in [6, 6.07) is 1.78. The van der Waals surface area contributed by atoms with Crippen molar-refractivity contribution in [3.63, 3.8) is 0 Å². The fourth-order valence-electron chi connectivity index (χ4n) is 2.00. The number of hydrogen-bond donors (Lipinski definition) is 2. The van der Waals surface area contributed by atoms with Crippen molar-refractivity contribution in [2.24, 2.45) is 0 Å². The molecule has 1 fully saturated rings. The molecular weight excluding hydrogens is 274 g/mol. The summed E-state index contributed by atoms with van der Waals surface area (Å²) in [6.45, 7) is 1.43. The van der Waals surface area contributed by atoms with E-state index >= 15 is 0 Å². The molecular formula is C15H19NO3S. The number of thiophene rings is 1. The zero-order valence-electron chi connectivity index (χ0n) is 11.4. The van der Waals surface area contributed by atoms with Crippen molar-refractivity contribution in [3.05, 3.63) is 21.9 Å². The second kappa shape index (κ2) is 8.05. The highest BCUT2D eigenvalue weighted by atomic mass is 32.1. The molecule has 0 aromatic carbocycles. The zero-order chi connectivity index (χ0) is 14.2. The van der Waals surface area contributed by atoms with Crippen LogP contribution in [0.25, 0.3) is 0 Å².